The third-order valence-electron chi connectivity index (χ3n) is 4.81. The predicted molar refractivity (Wildman–Crippen MR) is 99.4 cm³/mol. The summed E-state index contributed by atoms with van der Waals surface area (Å²) in [6, 6.07) is 5.67. The Kier molecular flexibility index (Phi) is 4.75. The molecule has 0 saturated carbocycles. The number of carbonyl (C=O) groups excluding carboxylic acids is 1. The van der Waals surface area contributed by atoms with Crippen LogP contribution in [0.4, 0.5) is 0 Å². The van der Waals surface area contributed by atoms with E-state index in [4.69, 9.17) is 11.6 Å². The van der Waals surface area contributed by atoms with Gasteiger partial charge in [0.2, 0.25) is 5.91 Å². The number of benzene rings is 1. The molecule has 0 atom stereocenters. The fourth-order valence-electron chi connectivity index (χ4n) is 3.46. The molecule has 6 nitrogen and oxygen atoms in total. The number of carbonyl (C=O) groups is 1. The van der Waals surface area contributed by atoms with Crippen molar-refractivity contribution in [2.24, 2.45) is 0 Å². The Hall–Kier alpha value is -2.60. The number of aromatic amines is 1. The van der Waals surface area contributed by atoms with Crippen molar-refractivity contribution in [3.05, 3.63) is 64.5 Å². The van der Waals surface area contributed by atoms with Crippen LogP contribution in [0.2, 0.25) is 5.02 Å². The first kappa shape index (κ1) is 16.8. The van der Waals surface area contributed by atoms with E-state index in [0.29, 0.717) is 11.6 Å². The minimum Gasteiger partial charge on any atom is -0.352 e. The van der Waals surface area contributed by atoms with Gasteiger partial charge in [0.15, 0.2) is 0 Å². The number of nitrogens with zero attached hydrogens (tertiary/aromatic N) is 3. The van der Waals surface area contributed by atoms with Gasteiger partial charge in [0.1, 0.15) is 0 Å². The first-order chi connectivity index (χ1) is 12.7. The number of halogens is 1. The van der Waals surface area contributed by atoms with Crippen LogP contribution < -0.4 is 5.32 Å². The number of hydrogen-bond donors (Lipinski definition) is 2. The Bertz CT molecular complexity index is 916. The zero-order chi connectivity index (χ0) is 17.9. The van der Waals surface area contributed by atoms with Crippen LogP contribution in [-0.2, 0) is 30.6 Å². The summed E-state index contributed by atoms with van der Waals surface area (Å²) in [5.41, 5.74) is 5.05. The number of H-pyrrole nitrogens is 1. The van der Waals surface area contributed by atoms with E-state index in [1.807, 2.05) is 29.0 Å². The zero-order valence-electron chi connectivity index (χ0n) is 14.3. The number of aryl methyl sites for hydroxylation is 1. The number of imidazole rings is 1. The molecule has 2 heterocycles. The van der Waals surface area contributed by atoms with Crippen molar-refractivity contribution in [3.63, 3.8) is 0 Å². The molecule has 1 aliphatic carbocycles. The average molecular weight is 370 g/mol. The van der Waals surface area contributed by atoms with E-state index in [-0.39, 0.29) is 12.3 Å². The smallest absolute Gasteiger partial charge is 0.226 e. The van der Waals surface area contributed by atoms with Crippen LogP contribution in [-0.4, -0.2) is 25.7 Å². The molecule has 0 saturated heterocycles. The molecular formula is C19H20ClN5O. The van der Waals surface area contributed by atoms with E-state index >= 15 is 0 Å². The lowest BCUT2D eigenvalue weighted by Gasteiger charge is -2.14. The molecule has 0 radical (unpaired) electrons. The van der Waals surface area contributed by atoms with Crippen molar-refractivity contribution >= 4 is 17.5 Å². The Labute approximate surface area is 156 Å². The topological polar surface area (TPSA) is 75.6 Å². The van der Waals surface area contributed by atoms with Crippen LogP contribution in [0.5, 0.6) is 0 Å². The summed E-state index contributed by atoms with van der Waals surface area (Å²) in [7, 11) is 0. The SMILES string of the molecule is O=C(Cc1n[nH]c2c1CCCC2)NCc1c(Cl)cccc1-n1ccnc1. The van der Waals surface area contributed by atoms with E-state index in [1.54, 1.807) is 12.5 Å². The molecule has 0 aliphatic heterocycles. The second-order valence-electron chi connectivity index (χ2n) is 6.50. The molecule has 4 rings (SSSR count). The Balaban J connectivity index is 1.46. The van der Waals surface area contributed by atoms with Crippen molar-refractivity contribution in [1.82, 2.24) is 25.1 Å². The Morgan fingerprint density at radius 1 is 1.31 bits per heavy atom. The second-order valence-corrected chi connectivity index (χ2v) is 6.90. The molecule has 3 aromatic rings. The standard InChI is InChI=1S/C19H20ClN5O/c20-15-5-3-7-18(25-9-8-21-12-25)14(15)11-22-19(26)10-17-13-4-1-2-6-16(13)23-24-17/h3,5,7-9,12H,1-2,4,6,10-11H2,(H,22,26)(H,23,24). The predicted octanol–water partition coefficient (Wildman–Crippen LogP) is 2.99. The highest BCUT2D eigenvalue weighted by Gasteiger charge is 2.19. The fourth-order valence-corrected chi connectivity index (χ4v) is 3.70. The second kappa shape index (κ2) is 7.33. The van der Waals surface area contributed by atoms with E-state index < -0.39 is 0 Å². The van der Waals surface area contributed by atoms with Gasteiger partial charge in [-0.1, -0.05) is 17.7 Å². The summed E-state index contributed by atoms with van der Waals surface area (Å²) in [4.78, 5) is 16.5. The maximum Gasteiger partial charge on any atom is 0.226 e. The number of amides is 1. The lowest BCUT2D eigenvalue weighted by atomic mass is 9.95. The normalized spacial score (nSPS) is 13.4. The number of nitrogens with one attached hydrogen (secondary N) is 2. The quantitative estimate of drug-likeness (QED) is 0.726. The highest BCUT2D eigenvalue weighted by molar-refractivity contribution is 6.31. The molecule has 0 bridgehead atoms. The van der Waals surface area contributed by atoms with Crippen LogP contribution in [0.25, 0.3) is 5.69 Å². The maximum atomic E-state index is 12.5. The van der Waals surface area contributed by atoms with E-state index in [2.05, 4.69) is 20.5 Å². The first-order valence-corrected chi connectivity index (χ1v) is 9.17. The van der Waals surface area contributed by atoms with Gasteiger partial charge >= 0.3 is 0 Å². The van der Waals surface area contributed by atoms with Crippen LogP contribution in [0.15, 0.2) is 36.9 Å². The van der Waals surface area contributed by atoms with Crippen molar-refractivity contribution in [1.29, 1.82) is 0 Å². The van der Waals surface area contributed by atoms with Crippen molar-refractivity contribution < 1.29 is 4.79 Å². The summed E-state index contributed by atoms with van der Waals surface area (Å²) in [5.74, 6) is -0.0543. The number of rotatable bonds is 5. The largest absolute Gasteiger partial charge is 0.352 e. The highest BCUT2D eigenvalue weighted by Crippen LogP contribution is 2.24. The Morgan fingerprint density at radius 3 is 3.04 bits per heavy atom. The molecule has 7 heteroatoms. The maximum absolute atomic E-state index is 12.5. The van der Waals surface area contributed by atoms with Gasteiger partial charge in [-0.3, -0.25) is 9.89 Å². The van der Waals surface area contributed by atoms with Gasteiger partial charge in [0, 0.05) is 35.2 Å². The van der Waals surface area contributed by atoms with Gasteiger partial charge in [0.25, 0.3) is 0 Å². The molecule has 1 aliphatic rings. The number of hydrogen-bond acceptors (Lipinski definition) is 3. The molecule has 0 spiro atoms. The highest BCUT2D eigenvalue weighted by atomic mass is 35.5. The molecule has 134 valence electrons. The Morgan fingerprint density at radius 2 is 2.19 bits per heavy atom. The van der Waals surface area contributed by atoms with Gasteiger partial charge < -0.3 is 9.88 Å². The van der Waals surface area contributed by atoms with Crippen LogP contribution >= 0.6 is 11.6 Å². The molecule has 2 aromatic heterocycles. The van der Waals surface area contributed by atoms with Gasteiger partial charge in [-0.05, 0) is 43.4 Å². The summed E-state index contributed by atoms with van der Waals surface area (Å²) in [6.45, 7) is 0.360. The van der Waals surface area contributed by atoms with Crippen molar-refractivity contribution in [2.45, 2.75) is 38.6 Å². The van der Waals surface area contributed by atoms with Crippen LogP contribution in [0.3, 0.4) is 0 Å². The molecule has 26 heavy (non-hydrogen) atoms. The van der Waals surface area contributed by atoms with E-state index in [0.717, 1.165) is 36.2 Å². The molecule has 0 unspecified atom stereocenters. The monoisotopic (exact) mass is 369 g/mol. The molecule has 1 aromatic carbocycles. The van der Waals surface area contributed by atoms with Gasteiger partial charge in [-0.15, -0.1) is 0 Å². The van der Waals surface area contributed by atoms with Crippen molar-refractivity contribution in [3.8, 4) is 5.69 Å². The minimum absolute atomic E-state index is 0.0543. The van der Waals surface area contributed by atoms with Crippen LogP contribution in [0, 0.1) is 0 Å². The lowest BCUT2D eigenvalue weighted by Crippen LogP contribution is -2.26. The molecular weight excluding hydrogens is 350 g/mol. The van der Waals surface area contributed by atoms with Crippen LogP contribution in [0.1, 0.15) is 35.4 Å². The van der Waals surface area contributed by atoms with E-state index in [9.17, 15) is 4.79 Å². The molecule has 0 fully saturated rings. The average Bonchev–Trinajstić information content (AvgIpc) is 3.31. The fraction of sp³-hybridized carbons (Fsp3) is 0.316. The summed E-state index contributed by atoms with van der Waals surface area (Å²) < 4.78 is 1.89. The zero-order valence-corrected chi connectivity index (χ0v) is 15.1. The van der Waals surface area contributed by atoms with Gasteiger partial charge in [-0.25, -0.2) is 4.98 Å². The van der Waals surface area contributed by atoms with Gasteiger partial charge in [0.05, 0.1) is 24.1 Å². The summed E-state index contributed by atoms with van der Waals surface area (Å²) in [6.07, 6.45) is 9.95. The van der Waals surface area contributed by atoms with E-state index in [1.165, 1.54) is 17.7 Å². The minimum atomic E-state index is -0.0543. The third kappa shape index (κ3) is 3.37. The van der Waals surface area contributed by atoms with Gasteiger partial charge in [-0.2, -0.15) is 5.10 Å². The summed E-state index contributed by atoms with van der Waals surface area (Å²) >= 11 is 6.36. The summed E-state index contributed by atoms with van der Waals surface area (Å²) in [5, 5.41) is 11.0. The molecule has 1 amide bonds. The number of fused-ring (bicyclic) bond motifs is 1. The van der Waals surface area contributed by atoms with Crippen molar-refractivity contribution in [2.75, 3.05) is 0 Å². The third-order valence-corrected chi connectivity index (χ3v) is 5.16. The first-order valence-electron chi connectivity index (χ1n) is 8.80. The molecule has 2 N–H and O–H groups in total. The lowest BCUT2D eigenvalue weighted by molar-refractivity contribution is -0.120. The number of aromatic nitrogens is 4.